The molecule has 3 rings (SSSR count). The van der Waals surface area contributed by atoms with Crippen molar-refractivity contribution in [2.24, 2.45) is 0 Å². The fourth-order valence-electron chi connectivity index (χ4n) is 2.86. The van der Waals surface area contributed by atoms with Crippen LogP contribution in [0.4, 0.5) is 24.5 Å². The second-order valence-electron chi connectivity index (χ2n) is 5.94. The number of alkyl halides is 3. The Morgan fingerprint density at radius 3 is 2.42 bits per heavy atom. The SMILES string of the molecule is CC(=O)Nc1ccc([C@@H]2Nc3ccccc3C(=O)N2CC(F)(F)F)cc1. The summed E-state index contributed by atoms with van der Waals surface area (Å²) < 4.78 is 39.1. The minimum atomic E-state index is -4.53. The zero-order valence-electron chi connectivity index (χ0n) is 13.8. The van der Waals surface area contributed by atoms with Crippen molar-refractivity contribution in [2.45, 2.75) is 19.3 Å². The van der Waals surface area contributed by atoms with Crippen molar-refractivity contribution < 1.29 is 22.8 Å². The van der Waals surface area contributed by atoms with Gasteiger partial charge in [-0.15, -0.1) is 0 Å². The Labute approximate surface area is 147 Å². The van der Waals surface area contributed by atoms with Crippen LogP contribution < -0.4 is 10.6 Å². The molecule has 2 aromatic rings. The van der Waals surface area contributed by atoms with Crippen molar-refractivity contribution in [1.82, 2.24) is 4.90 Å². The molecule has 0 bridgehead atoms. The average molecular weight is 363 g/mol. The van der Waals surface area contributed by atoms with E-state index < -0.39 is 24.8 Å². The summed E-state index contributed by atoms with van der Waals surface area (Å²) in [6.45, 7) is -0.0114. The van der Waals surface area contributed by atoms with Gasteiger partial charge in [-0.05, 0) is 29.8 Å². The second-order valence-corrected chi connectivity index (χ2v) is 5.94. The monoisotopic (exact) mass is 363 g/mol. The van der Waals surface area contributed by atoms with E-state index in [2.05, 4.69) is 10.6 Å². The molecule has 0 unspecified atom stereocenters. The van der Waals surface area contributed by atoms with E-state index in [4.69, 9.17) is 0 Å². The van der Waals surface area contributed by atoms with E-state index in [1.165, 1.54) is 13.0 Å². The Kier molecular flexibility index (Phi) is 4.58. The first kappa shape index (κ1) is 17.8. The number of benzene rings is 2. The van der Waals surface area contributed by atoms with Gasteiger partial charge in [-0.1, -0.05) is 24.3 Å². The molecular formula is C18H16F3N3O2. The number of para-hydroxylation sites is 1. The molecular weight excluding hydrogens is 347 g/mol. The number of nitrogens with zero attached hydrogens (tertiary/aromatic N) is 1. The molecule has 0 aromatic heterocycles. The van der Waals surface area contributed by atoms with Crippen LogP contribution in [0.15, 0.2) is 48.5 Å². The Morgan fingerprint density at radius 2 is 1.81 bits per heavy atom. The number of hydrogen-bond donors (Lipinski definition) is 2. The highest BCUT2D eigenvalue weighted by atomic mass is 19.4. The first-order chi connectivity index (χ1) is 12.2. The highest BCUT2D eigenvalue weighted by molar-refractivity contribution is 6.01. The van der Waals surface area contributed by atoms with Gasteiger partial charge >= 0.3 is 6.18 Å². The van der Waals surface area contributed by atoms with Gasteiger partial charge in [0.25, 0.3) is 5.91 Å². The largest absolute Gasteiger partial charge is 0.406 e. The van der Waals surface area contributed by atoms with Crippen molar-refractivity contribution in [3.63, 3.8) is 0 Å². The van der Waals surface area contributed by atoms with Crippen LogP contribution >= 0.6 is 0 Å². The van der Waals surface area contributed by atoms with E-state index in [0.29, 0.717) is 16.9 Å². The maximum absolute atomic E-state index is 13.0. The highest BCUT2D eigenvalue weighted by Gasteiger charge is 2.40. The van der Waals surface area contributed by atoms with E-state index in [1.54, 1.807) is 42.5 Å². The maximum Gasteiger partial charge on any atom is 0.406 e. The van der Waals surface area contributed by atoms with Gasteiger partial charge < -0.3 is 15.5 Å². The Morgan fingerprint density at radius 1 is 1.15 bits per heavy atom. The lowest BCUT2D eigenvalue weighted by atomic mass is 10.0. The number of amides is 2. The van der Waals surface area contributed by atoms with Crippen LogP contribution in [0.2, 0.25) is 0 Å². The quantitative estimate of drug-likeness (QED) is 0.873. The van der Waals surface area contributed by atoms with Crippen molar-refractivity contribution in [2.75, 3.05) is 17.2 Å². The van der Waals surface area contributed by atoms with Crippen LogP contribution in [0.5, 0.6) is 0 Å². The van der Waals surface area contributed by atoms with Crippen LogP contribution in [-0.4, -0.2) is 29.4 Å². The summed E-state index contributed by atoms with van der Waals surface area (Å²) in [5.74, 6) is -0.941. The number of rotatable bonds is 3. The third kappa shape index (κ3) is 3.79. The molecule has 26 heavy (non-hydrogen) atoms. The molecule has 1 aliphatic rings. The summed E-state index contributed by atoms with van der Waals surface area (Å²) in [7, 11) is 0. The summed E-state index contributed by atoms with van der Waals surface area (Å²) in [4.78, 5) is 24.5. The lowest BCUT2D eigenvalue weighted by Crippen LogP contribution is -2.47. The molecule has 2 aromatic carbocycles. The predicted molar refractivity (Wildman–Crippen MR) is 90.6 cm³/mol. The number of carbonyl (C=O) groups excluding carboxylic acids is 2. The number of halogens is 3. The normalized spacial score (nSPS) is 16.7. The Bertz CT molecular complexity index is 834. The number of anilines is 2. The topological polar surface area (TPSA) is 61.4 Å². The zero-order chi connectivity index (χ0) is 18.9. The number of hydrogen-bond acceptors (Lipinski definition) is 3. The molecule has 8 heteroatoms. The summed E-state index contributed by atoms with van der Waals surface area (Å²) in [6, 6.07) is 12.8. The fraction of sp³-hybridized carbons (Fsp3) is 0.222. The van der Waals surface area contributed by atoms with Crippen molar-refractivity contribution in [3.05, 3.63) is 59.7 Å². The van der Waals surface area contributed by atoms with Crippen molar-refractivity contribution in [3.8, 4) is 0 Å². The van der Waals surface area contributed by atoms with Gasteiger partial charge in [0.1, 0.15) is 12.7 Å². The van der Waals surface area contributed by atoms with Crippen LogP contribution in [0.3, 0.4) is 0 Å². The van der Waals surface area contributed by atoms with E-state index in [0.717, 1.165) is 4.90 Å². The minimum Gasteiger partial charge on any atom is -0.361 e. The molecule has 0 saturated carbocycles. The maximum atomic E-state index is 13.0. The third-order valence-electron chi connectivity index (χ3n) is 3.92. The summed E-state index contributed by atoms with van der Waals surface area (Å²) in [5, 5.41) is 5.58. The lowest BCUT2D eigenvalue weighted by molar-refractivity contribution is -0.144. The minimum absolute atomic E-state index is 0.197. The third-order valence-corrected chi connectivity index (χ3v) is 3.92. The van der Waals surface area contributed by atoms with Gasteiger partial charge in [-0.2, -0.15) is 13.2 Å². The Balaban J connectivity index is 1.97. The summed E-state index contributed by atoms with van der Waals surface area (Å²) in [6.07, 6.45) is -5.50. The van der Waals surface area contributed by atoms with Gasteiger partial charge in [0.15, 0.2) is 0 Å². The molecule has 0 fully saturated rings. The second kappa shape index (κ2) is 6.70. The van der Waals surface area contributed by atoms with Gasteiger partial charge in [0.2, 0.25) is 5.91 Å². The molecule has 136 valence electrons. The van der Waals surface area contributed by atoms with Gasteiger partial charge in [-0.25, -0.2) is 0 Å². The summed E-state index contributed by atoms with van der Waals surface area (Å²) in [5.41, 5.74) is 1.67. The van der Waals surface area contributed by atoms with Crippen LogP contribution in [-0.2, 0) is 4.79 Å². The molecule has 2 amide bonds. The fourth-order valence-corrected chi connectivity index (χ4v) is 2.86. The first-order valence-corrected chi connectivity index (χ1v) is 7.85. The number of carbonyl (C=O) groups is 2. The first-order valence-electron chi connectivity index (χ1n) is 7.85. The molecule has 5 nitrogen and oxygen atoms in total. The van der Waals surface area contributed by atoms with Crippen LogP contribution in [0.25, 0.3) is 0 Å². The molecule has 1 aliphatic heterocycles. The summed E-state index contributed by atoms with van der Waals surface area (Å²) >= 11 is 0. The van der Waals surface area contributed by atoms with Crippen molar-refractivity contribution in [1.29, 1.82) is 0 Å². The van der Waals surface area contributed by atoms with E-state index in [-0.39, 0.29) is 11.5 Å². The van der Waals surface area contributed by atoms with Gasteiger partial charge in [0.05, 0.1) is 5.56 Å². The van der Waals surface area contributed by atoms with Gasteiger partial charge in [0, 0.05) is 18.3 Å². The zero-order valence-corrected chi connectivity index (χ0v) is 13.8. The highest BCUT2D eigenvalue weighted by Crippen LogP contribution is 2.35. The number of fused-ring (bicyclic) bond motifs is 1. The molecule has 2 N–H and O–H groups in total. The van der Waals surface area contributed by atoms with Crippen LogP contribution in [0.1, 0.15) is 29.0 Å². The predicted octanol–water partition coefficient (Wildman–Crippen LogP) is 3.77. The van der Waals surface area contributed by atoms with E-state index >= 15 is 0 Å². The molecule has 0 radical (unpaired) electrons. The number of nitrogens with one attached hydrogen (secondary N) is 2. The molecule has 0 spiro atoms. The molecule has 0 aliphatic carbocycles. The Hall–Kier alpha value is -3.03. The average Bonchev–Trinajstić information content (AvgIpc) is 2.56. The van der Waals surface area contributed by atoms with E-state index in [1.807, 2.05) is 0 Å². The lowest BCUT2D eigenvalue weighted by Gasteiger charge is -2.38. The molecule has 1 heterocycles. The van der Waals surface area contributed by atoms with Gasteiger partial charge in [-0.3, -0.25) is 9.59 Å². The standard InChI is InChI=1S/C18H16F3N3O2/c1-11(25)22-13-8-6-12(7-9-13)16-23-15-5-3-2-4-14(15)17(26)24(16)10-18(19,20)21/h2-9,16,23H,10H2,1H3,(H,22,25)/t16-/m1/s1. The molecule has 0 saturated heterocycles. The van der Waals surface area contributed by atoms with Crippen LogP contribution in [0, 0.1) is 0 Å². The molecule has 1 atom stereocenters. The van der Waals surface area contributed by atoms with E-state index in [9.17, 15) is 22.8 Å². The smallest absolute Gasteiger partial charge is 0.361 e. The van der Waals surface area contributed by atoms with Crippen molar-refractivity contribution >= 4 is 23.2 Å².